The molecule has 3 heterocycles. The number of hydrogen-bond acceptors (Lipinski definition) is 21. The fourth-order valence-electron chi connectivity index (χ4n) is 5.93. The van der Waals surface area contributed by atoms with Crippen LogP contribution in [0.5, 0.6) is 11.5 Å². The maximum atomic E-state index is 12.7. The van der Waals surface area contributed by atoms with Crippen molar-refractivity contribution in [1.29, 1.82) is 0 Å². The van der Waals surface area contributed by atoms with Crippen LogP contribution in [0.3, 0.4) is 0 Å². The van der Waals surface area contributed by atoms with Crippen LogP contribution in [0.1, 0.15) is 88.0 Å². The van der Waals surface area contributed by atoms with Crippen molar-refractivity contribution >= 4 is 65.5 Å². The van der Waals surface area contributed by atoms with Crippen LogP contribution in [0.4, 0.5) is 0 Å². The molecule has 0 bridgehead atoms. The first-order valence-corrected chi connectivity index (χ1v) is 23.5. The Morgan fingerprint density at radius 3 is 1.34 bits per heavy atom. The number of aromatic nitrogens is 3. The summed E-state index contributed by atoms with van der Waals surface area (Å²) in [5, 5.41) is 33.5. The van der Waals surface area contributed by atoms with E-state index in [4.69, 9.17) is 30.5 Å². The highest BCUT2D eigenvalue weighted by molar-refractivity contribution is 5.98. The lowest BCUT2D eigenvalue weighted by molar-refractivity contribution is -0.145. The Balaban J connectivity index is 0.000000552. The van der Waals surface area contributed by atoms with E-state index in [1.807, 2.05) is 0 Å². The molecule has 0 saturated heterocycles. The van der Waals surface area contributed by atoms with Gasteiger partial charge in [-0.25, -0.2) is 14.4 Å². The molecule has 4 atom stereocenters. The van der Waals surface area contributed by atoms with Gasteiger partial charge in [0.2, 0.25) is 0 Å². The van der Waals surface area contributed by atoms with Crippen molar-refractivity contribution in [3.8, 4) is 11.5 Å². The second kappa shape index (κ2) is 38.0. The number of ether oxygens (including phenoxy) is 6. The van der Waals surface area contributed by atoms with Crippen molar-refractivity contribution in [3.05, 3.63) is 127 Å². The van der Waals surface area contributed by atoms with Crippen LogP contribution in [0.25, 0.3) is 0 Å². The number of esters is 5. The van der Waals surface area contributed by atoms with Crippen molar-refractivity contribution in [2.24, 2.45) is 5.73 Å². The number of pyridine rings is 3. The molecule has 8 N–H and O–H groups in total. The molecule has 27 nitrogen and oxygen atoms in total. The van der Waals surface area contributed by atoms with Gasteiger partial charge in [-0.15, -0.1) is 6.58 Å². The fourth-order valence-corrected chi connectivity index (χ4v) is 5.93. The first-order valence-electron chi connectivity index (χ1n) is 23.5. The van der Waals surface area contributed by atoms with Crippen molar-refractivity contribution in [2.75, 3.05) is 35.5 Å². The predicted octanol–water partition coefficient (Wildman–Crippen LogP) is 2.26. The molecule has 27 heteroatoms. The van der Waals surface area contributed by atoms with Crippen LogP contribution < -0.4 is 31.2 Å². The number of nitrogens with one attached hydrogen (secondary N) is 3. The van der Waals surface area contributed by atoms with E-state index in [9.17, 15) is 52.7 Å². The summed E-state index contributed by atoms with van der Waals surface area (Å²) < 4.78 is 28.5. The molecular formula is C52H63N7O20. The number of carbonyl (C=O) groups is 11. The first kappa shape index (κ1) is 67.4. The summed E-state index contributed by atoms with van der Waals surface area (Å²) in [5.74, 6) is -7.35. The zero-order chi connectivity index (χ0) is 59.3. The van der Waals surface area contributed by atoms with Crippen LogP contribution in [0.2, 0.25) is 0 Å². The standard InChI is InChI=1S/C21H22N2O6.C13H16N2O5.C11H12N2O5.C7H13NO4/c1-3-5-14-7-9-17(18(12-14)28-2)29-21(27)16(8-10-19(24)25)23-20(26)15-6-4-11-22-13-15;1-19-11(16)6-5-10(13(18)20-2)15-12(17)9-4-3-7-14-8-9;14-9(15)4-3-8(11(17)18)13-10(16)7-2-1-5-12-6-7;1-11-6(9)4-3-5(8)7(10)12-2/h3-4,6-7,9,11-13,16H,1,5,8,10H2,2H3,(H,23,26)(H,24,25);3-4,7-8,10H,5-6H2,1-2H3,(H,15,17);1-2,5-6,8H,3-4H2,(H,13,16)(H,14,15)(H,17,18);5H,3-4,8H2,1-2H3. The van der Waals surface area contributed by atoms with E-state index in [0.29, 0.717) is 17.7 Å². The molecule has 0 aliphatic rings. The quantitative estimate of drug-likeness (QED) is 0.0205. The van der Waals surface area contributed by atoms with Gasteiger partial charge in [-0.2, -0.15) is 0 Å². The van der Waals surface area contributed by atoms with Gasteiger partial charge >= 0.3 is 47.8 Å². The average molecular weight is 1110 g/mol. The molecule has 0 fully saturated rings. The average Bonchev–Trinajstić information content (AvgIpc) is 3.46. The maximum Gasteiger partial charge on any atom is 0.334 e. The SMILES string of the molecule is C=CCc1ccc(OC(=O)C(CCC(=O)O)NC(=O)c2cccnc2)c(OC)c1.COC(=O)CCC(N)C(=O)OC.COC(=O)CCC(NC(=O)c1cccnc1)C(=O)OC.O=C(O)CCC(NC(=O)c1cccnc1)C(=O)O. The second-order valence-corrected chi connectivity index (χ2v) is 15.8. The zero-order valence-electron chi connectivity index (χ0n) is 43.8. The minimum atomic E-state index is -1.27. The molecule has 0 saturated carbocycles. The normalized spacial score (nSPS) is 11.4. The number of nitrogens with zero attached hydrogens (tertiary/aromatic N) is 3. The summed E-state index contributed by atoms with van der Waals surface area (Å²) >= 11 is 0. The minimum Gasteiger partial charge on any atom is -0.493 e. The Morgan fingerprint density at radius 1 is 0.544 bits per heavy atom. The van der Waals surface area contributed by atoms with Gasteiger partial charge < -0.3 is 65.4 Å². The van der Waals surface area contributed by atoms with E-state index in [2.05, 4.69) is 56.4 Å². The largest absolute Gasteiger partial charge is 0.493 e. The Kier molecular flexibility index (Phi) is 32.4. The number of benzene rings is 1. The molecule has 426 valence electrons. The van der Waals surface area contributed by atoms with Crippen molar-refractivity contribution in [2.45, 2.75) is 82.0 Å². The van der Waals surface area contributed by atoms with Gasteiger partial charge in [0.05, 0.1) is 52.2 Å². The zero-order valence-corrected chi connectivity index (χ0v) is 43.8. The number of carboxylic acids is 3. The van der Waals surface area contributed by atoms with Gasteiger partial charge in [0.15, 0.2) is 11.5 Å². The minimum absolute atomic E-state index is 0.00356. The Labute approximate surface area is 453 Å². The molecule has 79 heavy (non-hydrogen) atoms. The number of methoxy groups -OCH3 is 5. The summed E-state index contributed by atoms with van der Waals surface area (Å²) in [5.41, 5.74) is 7.05. The molecule has 0 aliphatic heterocycles. The van der Waals surface area contributed by atoms with Crippen LogP contribution >= 0.6 is 0 Å². The molecular weight excluding hydrogens is 1040 g/mol. The third kappa shape index (κ3) is 27.6. The summed E-state index contributed by atoms with van der Waals surface area (Å²) in [7, 11) is 6.44. The Hall–Kier alpha value is -9.66. The van der Waals surface area contributed by atoms with Crippen LogP contribution in [0.15, 0.2) is 104 Å². The number of rotatable bonds is 26. The van der Waals surface area contributed by atoms with Gasteiger partial charge in [0.1, 0.15) is 24.2 Å². The highest BCUT2D eigenvalue weighted by Gasteiger charge is 2.27. The lowest BCUT2D eigenvalue weighted by Gasteiger charge is -2.18. The number of allylic oxidation sites excluding steroid dienone is 1. The van der Waals surface area contributed by atoms with E-state index in [1.54, 1.807) is 48.5 Å². The third-order valence-electron chi connectivity index (χ3n) is 10.1. The number of nitrogens with two attached hydrogens (primary N) is 1. The molecule has 0 radical (unpaired) electrons. The summed E-state index contributed by atoms with van der Waals surface area (Å²) in [6.45, 7) is 3.67. The number of carboxylic acid groups (broad SMARTS) is 3. The van der Waals surface area contributed by atoms with Crippen molar-refractivity contribution in [1.82, 2.24) is 30.9 Å². The molecule has 4 rings (SSSR count). The number of amides is 3. The lowest BCUT2D eigenvalue weighted by Crippen LogP contribution is -2.43. The summed E-state index contributed by atoms with van der Waals surface area (Å²) in [6, 6.07) is 10.3. The van der Waals surface area contributed by atoms with E-state index >= 15 is 0 Å². The van der Waals surface area contributed by atoms with Gasteiger partial charge in [0.25, 0.3) is 17.7 Å². The summed E-state index contributed by atoms with van der Waals surface area (Å²) in [6.07, 6.45) is 10.4. The highest BCUT2D eigenvalue weighted by atomic mass is 16.6. The van der Waals surface area contributed by atoms with Gasteiger partial charge in [-0.3, -0.25) is 53.3 Å². The maximum absolute atomic E-state index is 12.7. The second-order valence-electron chi connectivity index (χ2n) is 15.8. The summed E-state index contributed by atoms with van der Waals surface area (Å²) in [4.78, 5) is 136. The van der Waals surface area contributed by atoms with Gasteiger partial charge in [-0.05, 0) is 86.2 Å². The van der Waals surface area contributed by atoms with E-state index in [1.165, 1.54) is 84.9 Å². The number of carbonyl (C=O) groups excluding carboxylic acids is 8. The lowest BCUT2D eigenvalue weighted by atomic mass is 10.1. The van der Waals surface area contributed by atoms with Crippen LogP contribution in [-0.2, 0) is 63.7 Å². The number of aliphatic carboxylic acids is 3. The van der Waals surface area contributed by atoms with Crippen LogP contribution in [0, 0.1) is 0 Å². The third-order valence-corrected chi connectivity index (χ3v) is 10.1. The van der Waals surface area contributed by atoms with E-state index in [-0.39, 0.29) is 74.2 Å². The predicted molar refractivity (Wildman–Crippen MR) is 275 cm³/mol. The van der Waals surface area contributed by atoms with Crippen LogP contribution in [-0.4, -0.2) is 155 Å². The molecule has 0 spiro atoms. The van der Waals surface area contributed by atoms with Crippen molar-refractivity contribution in [3.63, 3.8) is 0 Å². The fraction of sp³-hybridized carbons (Fsp3) is 0.346. The first-order chi connectivity index (χ1) is 37.6. The topological polar surface area (TPSA) is 405 Å². The Bertz CT molecular complexity index is 2640. The molecule has 4 unspecified atom stereocenters. The molecule has 4 aromatic rings. The monoisotopic (exact) mass is 1110 g/mol. The molecule has 3 amide bonds. The van der Waals surface area contributed by atoms with E-state index in [0.717, 1.165) is 5.56 Å². The van der Waals surface area contributed by atoms with Crippen molar-refractivity contribution < 1.29 is 96.5 Å². The molecule has 1 aromatic carbocycles. The van der Waals surface area contributed by atoms with Gasteiger partial charge in [0, 0.05) is 62.9 Å². The van der Waals surface area contributed by atoms with Gasteiger partial charge in [-0.1, -0.05) is 12.1 Å². The van der Waals surface area contributed by atoms with E-state index < -0.39 is 83.7 Å². The molecule has 0 aliphatic carbocycles. The molecule has 3 aromatic heterocycles. The number of hydrogen-bond donors (Lipinski definition) is 7. The highest BCUT2D eigenvalue weighted by Crippen LogP contribution is 2.29. The Morgan fingerprint density at radius 2 is 0.962 bits per heavy atom. The smallest absolute Gasteiger partial charge is 0.334 e.